The Hall–Kier alpha value is -1.67. The molecule has 0 unspecified atom stereocenters. The molecule has 0 aromatic heterocycles. The first-order valence-corrected chi connectivity index (χ1v) is 10.4. The van der Waals surface area contributed by atoms with Gasteiger partial charge in [-0.25, -0.2) is 15.1 Å². The Kier molecular flexibility index (Phi) is 8.19. The van der Waals surface area contributed by atoms with E-state index in [2.05, 4.69) is 48.9 Å². The van der Waals surface area contributed by atoms with Gasteiger partial charge in [-0.1, -0.05) is 20.8 Å². The SMILES string of the molecule is CCOC(=O)/C=C/C(=O)ONC(=N)[C@H](C)O[Si](C)(C)C(C)(C)C. The maximum atomic E-state index is 11.4. The molecule has 8 heteroatoms. The van der Waals surface area contributed by atoms with Crippen molar-refractivity contribution in [1.29, 1.82) is 5.41 Å². The lowest BCUT2D eigenvalue weighted by Gasteiger charge is -2.38. The summed E-state index contributed by atoms with van der Waals surface area (Å²) >= 11 is 0. The van der Waals surface area contributed by atoms with Crippen LogP contribution in [0, 0.1) is 5.41 Å². The molecule has 0 aromatic carbocycles. The number of carbonyl (C=O) groups is 2. The highest BCUT2D eigenvalue weighted by Gasteiger charge is 2.39. The van der Waals surface area contributed by atoms with Crippen LogP contribution >= 0.6 is 0 Å². The van der Waals surface area contributed by atoms with Crippen molar-refractivity contribution in [2.24, 2.45) is 0 Å². The van der Waals surface area contributed by atoms with Crippen LogP contribution in [0.25, 0.3) is 0 Å². The normalized spacial score (nSPS) is 13.5. The van der Waals surface area contributed by atoms with Gasteiger partial charge in [-0.2, -0.15) is 0 Å². The van der Waals surface area contributed by atoms with Crippen molar-refractivity contribution in [3.05, 3.63) is 12.2 Å². The summed E-state index contributed by atoms with van der Waals surface area (Å²) in [4.78, 5) is 27.1. The van der Waals surface area contributed by atoms with Gasteiger partial charge in [0.15, 0.2) is 14.2 Å². The number of carbonyl (C=O) groups excluding carboxylic acids is 2. The van der Waals surface area contributed by atoms with Crippen molar-refractivity contribution in [1.82, 2.24) is 5.48 Å². The van der Waals surface area contributed by atoms with Crippen LogP contribution in [-0.2, 0) is 23.6 Å². The smallest absolute Gasteiger partial charge is 0.355 e. The molecule has 0 aliphatic rings. The van der Waals surface area contributed by atoms with Crippen LogP contribution < -0.4 is 5.48 Å². The lowest BCUT2D eigenvalue weighted by Crippen LogP contribution is -2.47. The number of hydrogen-bond donors (Lipinski definition) is 2. The maximum Gasteiger partial charge on any atom is 0.355 e. The van der Waals surface area contributed by atoms with Gasteiger partial charge in [0, 0.05) is 12.2 Å². The number of hydrogen-bond acceptors (Lipinski definition) is 6. The van der Waals surface area contributed by atoms with Crippen LogP contribution in [0.2, 0.25) is 18.1 Å². The number of rotatable bonds is 6. The zero-order valence-corrected chi connectivity index (χ0v) is 16.0. The van der Waals surface area contributed by atoms with E-state index < -0.39 is 26.4 Å². The van der Waals surface area contributed by atoms with E-state index in [0.717, 1.165) is 12.2 Å². The minimum atomic E-state index is -2.02. The summed E-state index contributed by atoms with van der Waals surface area (Å²) in [6, 6.07) is 0. The van der Waals surface area contributed by atoms with Gasteiger partial charge >= 0.3 is 11.9 Å². The van der Waals surface area contributed by atoms with Gasteiger partial charge in [0.05, 0.1) is 6.61 Å². The Balaban J connectivity index is 4.39. The Morgan fingerprint density at radius 1 is 1.22 bits per heavy atom. The highest BCUT2D eigenvalue weighted by molar-refractivity contribution is 6.74. The summed E-state index contributed by atoms with van der Waals surface area (Å²) in [7, 11) is -2.02. The molecular formula is C15H28N2O5Si. The van der Waals surface area contributed by atoms with Gasteiger partial charge in [0.25, 0.3) is 0 Å². The van der Waals surface area contributed by atoms with Gasteiger partial charge in [0.1, 0.15) is 6.10 Å². The molecule has 0 saturated heterocycles. The van der Waals surface area contributed by atoms with Gasteiger partial charge < -0.3 is 14.0 Å². The number of hydroxylamine groups is 1. The molecular weight excluding hydrogens is 316 g/mol. The zero-order chi connectivity index (χ0) is 18.3. The third-order valence-electron chi connectivity index (χ3n) is 3.59. The van der Waals surface area contributed by atoms with Crippen molar-refractivity contribution in [2.75, 3.05) is 6.61 Å². The number of amidine groups is 1. The summed E-state index contributed by atoms with van der Waals surface area (Å²) < 4.78 is 10.6. The highest BCUT2D eigenvalue weighted by Crippen LogP contribution is 2.37. The fourth-order valence-electron chi connectivity index (χ4n) is 1.23. The molecule has 0 aliphatic heterocycles. The molecule has 1 atom stereocenters. The fourth-order valence-corrected chi connectivity index (χ4v) is 2.58. The van der Waals surface area contributed by atoms with E-state index in [-0.39, 0.29) is 17.5 Å². The van der Waals surface area contributed by atoms with Crippen LogP contribution in [0.3, 0.4) is 0 Å². The second kappa shape index (κ2) is 8.83. The topological polar surface area (TPSA) is 97.7 Å². The molecule has 0 radical (unpaired) electrons. The van der Waals surface area contributed by atoms with Gasteiger partial charge in [-0.3, -0.25) is 5.41 Å². The number of nitrogens with one attached hydrogen (secondary N) is 2. The lowest BCUT2D eigenvalue weighted by atomic mass is 10.2. The molecule has 23 heavy (non-hydrogen) atoms. The van der Waals surface area contributed by atoms with Crippen LogP contribution in [-0.4, -0.2) is 38.8 Å². The van der Waals surface area contributed by atoms with E-state index >= 15 is 0 Å². The summed E-state index contributed by atoms with van der Waals surface area (Å²) in [6.07, 6.45) is 1.36. The van der Waals surface area contributed by atoms with Gasteiger partial charge in [-0.15, -0.1) is 0 Å². The van der Waals surface area contributed by atoms with Crippen molar-refractivity contribution in [3.8, 4) is 0 Å². The summed E-state index contributed by atoms with van der Waals surface area (Å²) in [5.41, 5.74) is 2.24. The van der Waals surface area contributed by atoms with Gasteiger partial charge in [0.2, 0.25) is 0 Å². The van der Waals surface area contributed by atoms with E-state index in [4.69, 9.17) is 9.84 Å². The largest absolute Gasteiger partial charge is 0.463 e. The van der Waals surface area contributed by atoms with Crippen LogP contribution in [0.15, 0.2) is 12.2 Å². The molecule has 2 N–H and O–H groups in total. The first kappa shape index (κ1) is 21.3. The highest BCUT2D eigenvalue weighted by atomic mass is 28.4. The Bertz CT molecular complexity index is 469. The van der Waals surface area contributed by atoms with Crippen molar-refractivity contribution < 1.29 is 23.6 Å². The van der Waals surface area contributed by atoms with E-state index in [9.17, 15) is 9.59 Å². The average molecular weight is 344 g/mol. The Morgan fingerprint density at radius 3 is 2.22 bits per heavy atom. The molecule has 7 nitrogen and oxygen atoms in total. The van der Waals surface area contributed by atoms with Crippen LogP contribution in [0.4, 0.5) is 0 Å². The zero-order valence-electron chi connectivity index (χ0n) is 15.0. The third-order valence-corrected chi connectivity index (χ3v) is 8.14. The molecule has 0 fully saturated rings. The molecule has 132 valence electrons. The molecule has 0 aliphatic carbocycles. The standard InChI is InChI=1S/C15H28N2O5Si/c1-8-20-12(18)9-10-13(19)21-17-14(16)11(2)22-23(6,7)15(3,4)5/h9-11H,8H2,1-7H3,(H2,16,17)/b10-9+/t11-/m0/s1. The minimum Gasteiger partial charge on any atom is -0.463 e. The molecule has 0 saturated carbocycles. The van der Waals surface area contributed by atoms with Crippen LogP contribution in [0.1, 0.15) is 34.6 Å². The van der Waals surface area contributed by atoms with E-state index in [1.54, 1.807) is 13.8 Å². The molecule has 0 bridgehead atoms. The van der Waals surface area contributed by atoms with Crippen molar-refractivity contribution in [3.63, 3.8) is 0 Å². The minimum absolute atomic E-state index is 0.0145. The summed E-state index contributed by atoms with van der Waals surface area (Å²) in [5.74, 6) is -1.50. The quantitative estimate of drug-likeness (QED) is 0.192. The van der Waals surface area contributed by atoms with Crippen LogP contribution in [0.5, 0.6) is 0 Å². The first-order valence-electron chi connectivity index (χ1n) is 7.48. The molecule has 0 rings (SSSR count). The van der Waals surface area contributed by atoms with E-state index in [1.807, 2.05) is 0 Å². The molecule has 0 aromatic rings. The number of esters is 1. The fraction of sp³-hybridized carbons (Fsp3) is 0.667. The maximum absolute atomic E-state index is 11.4. The Morgan fingerprint density at radius 2 is 1.74 bits per heavy atom. The van der Waals surface area contributed by atoms with E-state index in [1.165, 1.54) is 0 Å². The summed E-state index contributed by atoms with van der Waals surface area (Å²) in [5, 5.41) is 7.86. The van der Waals surface area contributed by atoms with Crippen molar-refractivity contribution >= 4 is 26.1 Å². The number of ether oxygens (including phenoxy) is 1. The lowest BCUT2D eigenvalue weighted by molar-refractivity contribution is -0.143. The average Bonchev–Trinajstić information content (AvgIpc) is 2.41. The Labute approximate surface area is 139 Å². The van der Waals surface area contributed by atoms with E-state index in [0.29, 0.717) is 0 Å². The molecule has 0 spiro atoms. The second-order valence-corrected chi connectivity index (χ2v) is 11.3. The van der Waals surface area contributed by atoms with Crippen molar-refractivity contribution in [2.45, 2.75) is 58.9 Å². The third kappa shape index (κ3) is 7.94. The second-order valence-electron chi connectivity index (χ2n) is 6.54. The molecule has 0 heterocycles. The predicted octanol–water partition coefficient (Wildman–Crippen LogP) is 2.54. The van der Waals surface area contributed by atoms with Gasteiger partial charge in [-0.05, 0) is 32.0 Å². The molecule has 0 amide bonds. The summed E-state index contributed by atoms with van der Waals surface area (Å²) in [6.45, 7) is 14.1. The first-order chi connectivity index (χ1) is 10.4. The monoisotopic (exact) mass is 344 g/mol. The predicted molar refractivity (Wildman–Crippen MR) is 90.5 cm³/mol.